The molecule has 4 nitrogen and oxygen atoms in total. The minimum atomic E-state index is -0.0689. The first-order valence-corrected chi connectivity index (χ1v) is 12.4. The summed E-state index contributed by atoms with van der Waals surface area (Å²) in [4.78, 5) is 11.8. The van der Waals surface area contributed by atoms with Crippen molar-refractivity contribution in [2.45, 2.75) is 103 Å². The molecule has 0 aromatic heterocycles. The molecule has 0 bridgehead atoms. The lowest BCUT2D eigenvalue weighted by Gasteiger charge is -2.58. The molecule has 1 saturated heterocycles. The fraction of sp³-hybridized carbons (Fsp3) is 0.960. The lowest BCUT2D eigenvalue weighted by molar-refractivity contribution is -0.143. The van der Waals surface area contributed by atoms with Crippen LogP contribution in [0.3, 0.4) is 0 Å². The van der Waals surface area contributed by atoms with Crippen LogP contribution in [0.4, 0.5) is 0 Å². The van der Waals surface area contributed by atoms with E-state index in [0.717, 1.165) is 37.0 Å². The van der Waals surface area contributed by atoms with Crippen molar-refractivity contribution in [1.82, 2.24) is 0 Å². The third-order valence-corrected chi connectivity index (χ3v) is 10.2. The summed E-state index contributed by atoms with van der Waals surface area (Å²) in [6, 6.07) is 0. The molecule has 1 spiro atoms. The Morgan fingerprint density at radius 2 is 2.00 bits per heavy atom. The highest BCUT2D eigenvalue weighted by Gasteiger charge is 2.75. The van der Waals surface area contributed by atoms with Crippen molar-refractivity contribution in [2.75, 3.05) is 6.61 Å². The SMILES string of the molecule is CCOC(=O)CCC(C)C1CCC2C3CCC4CC(O)CCC4(C)C3CC3OC312. The number of hydrogen-bond donors (Lipinski definition) is 1. The number of carbonyl (C=O) groups excluding carboxylic acids is 1. The number of fused-ring (bicyclic) bond motifs is 4. The summed E-state index contributed by atoms with van der Waals surface area (Å²) in [5.41, 5.74) is 0.542. The highest BCUT2D eigenvalue weighted by Crippen LogP contribution is 2.72. The Hall–Kier alpha value is -0.610. The molecule has 5 aliphatic rings. The molecule has 0 amide bonds. The largest absolute Gasteiger partial charge is 0.466 e. The number of hydrogen-bond acceptors (Lipinski definition) is 4. The lowest BCUT2D eigenvalue weighted by atomic mass is 9.46. The number of rotatable bonds is 5. The summed E-state index contributed by atoms with van der Waals surface area (Å²) in [6.45, 7) is 7.25. The Bertz CT molecular complexity index is 649. The maximum atomic E-state index is 11.8. The Balaban J connectivity index is 1.30. The van der Waals surface area contributed by atoms with E-state index in [0.29, 0.717) is 42.3 Å². The number of ether oxygens (including phenoxy) is 2. The summed E-state index contributed by atoms with van der Waals surface area (Å²) in [5.74, 6) is 4.13. The maximum Gasteiger partial charge on any atom is 0.305 e. The van der Waals surface area contributed by atoms with Gasteiger partial charge >= 0.3 is 5.97 Å². The van der Waals surface area contributed by atoms with E-state index in [-0.39, 0.29) is 17.7 Å². The van der Waals surface area contributed by atoms with Crippen LogP contribution in [0.1, 0.15) is 85.0 Å². The second kappa shape index (κ2) is 7.22. The zero-order valence-electron chi connectivity index (χ0n) is 18.6. The van der Waals surface area contributed by atoms with E-state index in [1.54, 1.807) is 0 Å². The Labute approximate surface area is 176 Å². The Kier molecular flexibility index (Phi) is 5.06. The van der Waals surface area contributed by atoms with Gasteiger partial charge in [0.1, 0.15) is 5.60 Å². The van der Waals surface area contributed by atoms with Crippen LogP contribution in [0.25, 0.3) is 0 Å². The van der Waals surface area contributed by atoms with Crippen LogP contribution < -0.4 is 0 Å². The molecule has 164 valence electrons. The highest BCUT2D eigenvalue weighted by atomic mass is 16.6. The molecule has 10 unspecified atom stereocenters. The lowest BCUT2D eigenvalue weighted by Crippen LogP contribution is -2.54. The van der Waals surface area contributed by atoms with Crippen LogP contribution in [-0.4, -0.2) is 35.5 Å². The van der Waals surface area contributed by atoms with Gasteiger partial charge in [0.25, 0.3) is 0 Å². The monoisotopic (exact) mass is 404 g/mol. The van der Waals surface area contributed by atoms with Crippen molar-refractivity contribution in [2.24, 2.45) is 40.9 Å². The minimum Gasteiger partial charge on any atom is -0.466 e. The standard InChI is InChI=1S/C25H40O4/c1-4-28-23(27)10-5-15(2)19-8-9-20-18-7-6-16-13-17(26)11-12-24(16,3)21(18)14-22-25(19,20)29-22/h15-22,26H,4-14H2,1-3H3. The Morgan fingerprint density at radius 3 is 2.79 bits per heavy atom. The smallest absolute Gasteiger partial charge is 0.305 e. The summed E-state index contributed by atoms with van der Waals surface area (Å²) in [7, 11) is 0. The van der Waals surface area contributed by atoms with Crippen molar-refractivity contribution in [1.29, 1.82) is 0 Å². The van der Waals surface area contributed by atoms with E-state index >= 15 is 0 Å². The van der Waals surface area contributed by atoms with E-state index in [1.807, 2.05) is 6.92 Å². The predicted molar refractivity (Wildman–Crippen MR) is 111 cm³/mol. The number of carbonyl (C=O) groups is 1. The quantitative estimate of drug-likeness (QED) is 0.532. The van der Waals surface area contributed by atoms with E-state index in [1.165, 1.54) is 38.5 Å². The van der Waals surface area contributed by atoms with Crippen LogP contribution in [-0.2, 0) is 14.3 Å². The maximum absolute atomic E-state index is 11.8. The van der Waals surface area contributed by atoms with Gasteiger partial charge in [-0.25, -0.2) is 0 Å². The van der Waals surface area contributed by atoms with Gasteiger partial charge in [-0.05, 0) is 106 Å². The molecular weight excluding hydrogens is 364 g/mol. The minimum absolute atomic E-state index is 0.0471. The van der Waals surface area contributed by atoms with Crippen LogP contribution in [0.15, 0.2) is 0 Å². The van der Waals surface area contributed by atoms with Crippen molar-refractivity contribution >= 4 is 5.97 Å². The molecule has 1 heterocycles. The Morgan fingerprint density at radius 1 is 1.17 bits per heavy atom. The zero-order valence-corrected chi connectivity index (χ0v) is 18.6. The van der Waals surface area contributed by atoms with Gasteiger partial charge in [-0.1, -0.05) is 13.8 Å². The molecule has 0 radical (unpaired) electrons. The van der Waals surface area contributed by atoms with Gasteiger partial charge in [0.15, 0.2) is 0 Å². The second-order valence-electron chi connectivity index (χ2n) is 11.3. The van der Waals surface area contributed by atoms with Crippen molar-refractivity contribution in [3.63, 3.8) is 0 Å². The molecule has 29 heavy (non-hydrogen) atoms. The average molecular weight is 405 g/mol. The molecule has 10 atom stereocenters. The van der Waals surface area contributed by atoms with Gasteiger partial charge in [0.2, 0.25) is 0 Å². The number of aliphatic hydroxyl groups is 1. The van der Waals surface area contributed by atoms with E-state index in [4.69, 9.17) is 9.47 Å². The zero-order chi connectivity index (χ0) is 20.4. The third-order valence-electron chi connectivity index (χ3n) is 10.2. The molecule has 4 saturated carbocycles. The van der Waals surface area contributed by atoms with Crippen molar-refractivity contribution in [3.8, 4) is 0 Å². The van der Waals surface area contributed by atoms with Crippen LogP contribution in [0, 0.1) is 40.9 Å². The molecule has 4 aliphatic carbocycles. The summed E-state index contributed by atoms with van der Waals surface area (Å²) in [6.07, 6.45) is 11.5. The molecule has 5 fully saturated rings. The average Bonchev–Trinajstić information content (AvgIpc) is 3.29. The summed E-state index contributed by atoms with van der Waals surface area (Å²) < 4.78 is 11.8. The first-order valence-electron chi connectivity index (χ1n) is 12.4. The fourth-order valence-electron chi connectivity index (χ4n) is 8.81. The van der Waals surface area contributed by atoms with Gasteiger partial charge < -0.3 is 14.6 Å². The van der Waals surface area contributed by atoms with Gasteiger partial charge in [0.05, 0.1) is 18.8 Å². The first kappa shape index (κ1) is 20.3. The third kappa shape index (κ3) is 3.03. The van der Waals surface area contributed by atoms with Crippen molar-refractivity contribution < 1.29 is 19.4 Å². The number of epoxide rings is 1. The molecule has 0 aromatic carbocycles. The molecule has 0 aromatic rings. The molecule has 5 rings (SSSR count). The normalized spacial score (nSPS) is 51.2. The van der Waals surface area contributed by atoms with Gasteiger partial charge in [0, 0.05) is 6.42 Å². The van der Waals surface area contributed by atoms with Crippen LogP contribution >= 0.6 is 0 Å². The van der Waals surface area contributed by atoms with E-state index in [2.05, 4.69) is 13.8 Å². The molecule has 1 aliphatic heterocycles. The van der Waals surface area contributed by atoms with E-state index in [9.17, 15) is 9.90 Å². The summed E-state index contributed by atoms with van der Waals surface area (Å²) >= 11 is 0. The van der Waals surface area contributed by atoms with E-state index < -0.39 is 0 Å². The number of esters is 1. The predicted octanol–water partition coefficient (Wildman–Crippen LogP) is 4.73. The fourth-order valence-corrected chi connectivity index (χ4v) is 8.81. The van der Waals surface area contributed by atoms with Gasteiger partial charge in [-0.3, -0.25) is 4.79 Å². The van der Waals surface area contributed by atoms with Crippen LogP contribution in [0.2, 0.25) is 0 Å². The highest BCUT2D eigenvalue weighted by molar-refractivity contribution is 5.69. The first-order chi connectivity index (χ1) is 13.9. The number of aliphatic hydroxyl groups excluding tert-OH is 1. The molecule has 1 N–H and O–H groups in total. The molecule has 4 heteroatoms. The van der Waals surface area contributed by atoms with Gasteiger partial charge in [-0.15, -0.1) is 0 Å². The second-order valence-corrected chi connectivity index (χ2v) is 11.3. The topological polar surface area (TPSA) is 59.1 Å². The summed E-state index contributed by atoms with van der Waals surface area (Å²) in [5, 5.41) is 10.2. The van der Waals surface area contributed by atoms with Gasteiger partial charge in [-0.2, -0.15) is 0 Å². The van der Waals surface area contributed by atoms with Crippen molar-refractivity contribution in [3.05, 3.63) is 0 Å². The van der Waals surface area contributed by atoms with Crippen LogP contribution in [0.5, 0.6) is 0 Å². The molecular formula is C25H40O4.